The van der Waals surface area contributed by atoms with Crippen molar-refractivity contribution in [2.75, 3.05) is 6.61 Å². The van der Waals surface area contributed by atoms with E-state index in [0.717, 1.165) is 29.2 Å². The van der Waals surface area contributed by atoms with Crippen LogP contribution in [0, 0.1) is 6.92 Å². The zero-order chi connectivity index (χ0) is 16.8. The zero-order valence-electron chi connectivity index (χ0n) is 14.0. The molecule has 0 radical (unpaired) electrons. The van der Waals surface area contributed by atoms with Gasteiger partial charge in [0, 0.05) is 12.0 Å². The van der Waals surface area contributed by atoms with Gasteiger partial charge in [-0.05, 0) is 43.7 Å². The van der Waals surface area contributed by atoms with Gasteiger partial charge < -0.3 is 9.15 Å². The van der Waals surface area contributed by atoms with E-state index in [9.17, 15) is 0 Å². The number of rotatable bonds is 6. The minimum absolute atomic E-state index is 0.574. The number of hydrogen-bond acceptors (Lipinski definition) is 3. The minimum atomic E-state index is 0.574. The highest BCUT2D eigenvalue weighted by molar-refractivity contribution is 5.53. The Morgan fingerprint density at radius 2 is 1.79 bits per heavy atom. The topological polar surface area (TPSA) is 35.3 Å². The van der Waals surface area contributed by atoms with E-state index in [2.05, 4.69) is 11.1 Å². The molecule has 122 valence electrons. The van der Waals surface area contributed by atoms with Gasteiger partial charge in [0.15, 0.2) is 0 Å². The molecule has 1 heterocycles. The average Bonchev–Trinajstić information content (AvgIpc) is 2.99. The summed E-state index contributed by atoms with van der Waals surface area (Å²) in [6, 6.07) is 18.0. The van der Waals surface area contributed by atoms with E-state index in [1.54, 1.807) is 0 Å². The lowest BCUT2D eigenvalue weighted by Crippen LogP contribution is -2.02. The summed E-state index contributed by atoms with van der Waals surface area (Å²) >= 11 is 0. The average molecular weight is 319 g/mol. The molecule has 0 N–H and O–H groups in total. The van der Waals surface area contributed by atoms with E-state index in [4.69, 9.17) is 9.15 Å². The third-order valence-electron chi connectivity index (χ3n) is 3.76. The Balaban J connectivity index is 1.60. The maximum absolute atomic E-state index is 5.81. The summed E-state index contributed by atoms with van der Waals surface area (Å²) < 4.78 is 11.6. The van der Waals surface area contributed by atoms with Crippen LogP contribution < -0.4 is 4.74 Å². The first-order valence-electron chi connectivity index (χ1n) is 8.13. The van der Waals surface area contributed by atoms with Crippen LogP contribution in [0.15, 0.2) is 65.1 Å². The second-order valence-electron chi connectivity index (χ2n) is 5.56. The molecule has 3 heteroatoms. The van der Waals surface area contributed by atoms with Gasteiger partial charge in [0.25, 0.3) is 0 Å². The minimum Gasteiger partial charge on any atom is -0.493 e. The van der Waals surface area contributed by atoms with Crippen molar-refractivity contribution in [1.82, 2.24) is 4.98 Å². The molecule has 3 rings (SSSR count). The summed E-state index contributed by atoms with van der Waals surface area (Å²) in [7, 11) is 0. The maximum Gasteiger partial charge on any atom is 0.226 e. The van der Waals surface area contributed by atoms with Crippen molar-refractivity contribution in [3.05, 3.63) is 77.7 Å². The number of allylic oxidation sites excluding steroid dienone is 1. The highest BCUT2D eigenvalue weighted by Crippen LogP contribution is 2.22. The smallest absolute Gasteiger partial charge is 0.226 e. The van der Waals surface area contributed by atoms with Gasteiger partial charge in [-0.1, -0.05) is 42.5 Å². The van der Waals surface area contributed by atoms with Gasteiger partial charge >= 0.3 is 0 Å². The van der Waals surface area contributed by atoms with E-state index in [-0.39, 0.29) is 0 Å². The monoisotopic (exact) mass is 319 g/mol. The first kappa shape index (κ1) is 16.1. The molecule has 3 aromatic rings. The second-order valence-corrected chi connectivity index (χ2v) is 5.56. The molecule has 1 aromatic heterocycles. The van der Waals surface area contributed by atoms with E-state index < -0.39 is 0 Å². The molecule has 0 saturated heterocycles. The first-order valence-corrected chi connectivity index (χ1v) is 8.13. The normalized spacial score (nSPS) is 11.1. The van der Waals surface area contributed by atoms with E-state index in [1.165, 1.54) is 5.56 Å². The number of ether oxygens (including phenoxy) is 1. The summed E-state index contributed by atoms with van der Waals surface area (Å²) in [5.74, 6) is 2.38. The molecule has 0 fully saturated rings. The third-order valence-corrected chi connectivity index (χ3v) is 3.76. The van der Waals surface area contributed by atoms with Crippen molar-refractivity contribution < 1.29 is 9.15 Å². The molecule has 3 nitrogen and oxygen atoms in total. The van der Waals surface area contributed by atoms with Crippen molar-refractivity contribution in [1.29, 1.82) is 0 Å². The fourth-order valence-corrected chi connectivity index (χ4v) is 2.50. The van der Waals surface area contributed by atoms with Crippen LogP contribution in [-0.2, 0) is 6.42 Å². The highest BCUT2D eigenvalue weighted by atomic mass is 16.5. The molecule has 0 atom stereocenters. The summed E-state index contributed by atoms with van der Waals surface area (Å²) in [4.78, 5) is 4.59. The molecule has 0 amide bonds. The molecule has 0 unspecified atom stereocenters. The predicted octanol–water partition coefficient (Wildman–Crippen LogP) is 5.30. The van der Waals surface area contributed by atoms with Gasteiger partial charge in [-0.3, -0.25) is 0 Å². The van der Waals surface area contributed by atoms with Crippen molar-refractivity contribution in [2.24, 2.45) is 0 Å². The summed E-state index contributed by atoms with van der Waals surface area (Å²) in [6.07, 6.45) is 4.81. The van der Waals surface area contributed by atoms with Crippen molar-refractivity contribution >= 4 is 6.08 Å². The summed E-state index contributed by atoms with van der Waals surface area (Å²) in [6.45, 7) is 4.53. The highest BCUT2D eigenvalue weighted by Gasteiger charge is 2.11. The Labute approximate surface area is 142 Å². The summed E-state index contributed by atoms with van der Waals surface area (Å²) in [5.41, 5.74) is 3.11. The van der Waals surface area contributed by atoms with Crippen LogP contribution in [0.2, 0.25) is 0 Å². The number of oxazole rings is 1. The van der Waals surface area contributed by atoms with E-state index in [1.807, 2.05) is 74.5 Å². The molecule has 0 bridgehead atoms. The Kier molecular flexibility index (Phi) is 5.12. The molecule has 0 aliphatic rings. The van der Waals surface area contributed by atoms with Crippen molar-refractivity contribution in [3.63, 3.8) is 0 Å². The van der Waals surface area contributed by atoms with Gasteiger partial charge in [0.1, 0.15) is 11.5 Å². The van der Waals surface area contributed by atoms with E-state index >= 15 is 0 Å². The van der Waals surface area contributed by atoms with Crippen LogP contribution in [0.1, 0.15) is 23.9 Å². The Morgan fingerprint density at radius 1 is 1.04 bits per heavy atom. The quantitative estimate of drug-likeness (QED) is 0.618. The fourth-order valence-electron chi connectivity index (χ4n) is 2.50. The Bertz CT molecular complexity index is 802. The van der Waals surface area contributed by atoms with Crippen LogP contribution in [0.4, 0.5) is 0 Å². The summed E-state index contributed by atoms with van der Waals surface area (Å²) in [5, 5.41) is 0. The lowest BCUT2D eigenvalue weighted by molar-refractivity contribution is 0.320. The largest absolute Gasteiger partial charge is 0.493 e. The molecule has 0 aliphatic heterocycles. The molecule has 0 aliphatic carbocycles. The molecule has 2 aromatic carbocycles. The molecular weight excluding hydrogens is 298 g/mol. The number of nitrogens with zero attached hydrogens (tertiary/aromatic N) is 1. The third kappa shape index (κ3) is 3.93. The van der Waals surface area contributed by atoms with Gasteiger partial charge in [0.2, 0.25) is 5.89 Å². The second kappa shape index (κ2) is 7.64. The van der Waals surface area contributed by atoms with Crippen LogP contribution in [0.3, 0.4) is 0 Å². The number of aryl methyl sites for hydroxylation is 1. The Hall–Kier alpha value is -2.81. The molecule has 0 saturated carbocycles. The standard InChI is InChI=1S/C21H21NO2/c1-3-7-17-10-12-19(13-11-17)23-15-14-20-16(2)24-21(22-20)18-8-5-4-6-9-18/h3-13H,14-15H2,1-2H3/b7-3-. The van der Waals surface area contributed by atoms with Crippen LogP contribution >= 0.6 is 0 Å². The van der Waals surface area contributed by atoms with Crippen LogP contribution in [0.25, 0.3) is 17.5 Å². The van der Waals surface area contributed by atoms with Gasteiger partial charge in [-0.25, -0.2) is 4.98 Å². The van der Waals surface area contributed by atoms with E-state index in [0.29, 0.717) is 12.5 Å². The van der Waals surface area contributed by atoms with Crippen molar-refractivity contribution in [3.8, 4) is 17.2 Å². The van der Waals surface area contributed by atoms with Gasteiger partial charge in [-0.15, -0.1) is 0 Å². The SMILES string of the molecule is C/C=C\c1ccc(OCCc2nc(-c3ccccc3)oc2C)cc1. The lowest BCUT2D eigenvalue weighted by atomic mass is 10.2. The first-order chi connectivity index (χ1) is 11.8. The van der Waals surface area contributed by atoms with Gasteiger partial charge in [0.05, 0.1) is 12.3 Å². The zero-order valence-corrected chi connectivity index (χ0v) is 14.0. The number of aromatic nitrogens is 1. The fraction of sp³-hybridized carbons (Fsp3) is 0.190. The molecule has 24 heavy (non-hydrogen) atoms. The number of hydrogen-bond donors (Lipinski definition) is 0. The van der Waals surface area contributed by atoms with Crippen LogP contribution in [-0.4, -0.2) is 11.6 Å². The Morgan fingerprint density at radius 3 is 2.50 bits per heavy atom. The van der Waals surface area contributed by atoms with Gasteiger partial charge in [-0.2, -0.15) is 0 Å². The molecule has 0 spiro atoms. The van der Waals surface area contributed by atoms with Crippen LogP contribution in [0.5, 0.6) is 5.75 Å². The lowest BCUT2D eigenvalue weighted by Gasteiger charge is -2.05. The number of benzene rings is 2. The van der Waals surface area contributed by atoms with Crippen molar-refractivity contribution in [2.45, 2.75) is 20.3 Å². The molecular formula is C21H21NO2. The predicted molar refractivity (Wildman–Crippen MR) is 97.0 cm³/mol. The maximum atomic E-state index is 5.81.